The second-order valence-corrected chi connectivity index (χ2v) is 8.05. The molecule has 0 amide bonds. The lowest BCUT2D eigenvalue weighted by Crippen LogP contribution is -2.39. The summed E-state index contributed by atoms with van der Waals surface area (Å²) in [4.78, 5) is 0.381. The zero-order valence-corrected chi connectivity index (χ0v) is 14.5. The van der Waals surface area contributed by atoms with E-state index in [1.54, 1.807) is 10.4 Å². The summed E-state index contributed by atoms with van der Waals surface area (Å²) >= 11 is 0. The van der Waals surface area contributed by atoms with Crippen molar-refractivity contribution in [3.05, 3.63) is 59.2 Å². The molecule has 0 saturated heterocycles. The van der Waals surface area contributed by atoms with E-state index in [4.69, 9.17) is 0 Å². The lowest BCUT2D eigenvalue weighted by Gasteiger charge is -2.26. The van der Waals surface area contributed by atoms with Crippen LogP contribution in [0.25, 0.3) is 0 Å². The summed E-state index contributed by atoms with van der Waals surface area (Å²) in [7, 11) is -3.59. The molecule has 1 atom stereocenters. The second kappa shape index (κ2) is 5.98. The number of nitrogens with zero attached hydrogens (tertiary/aromatic N) is 1. The van der Waals surface area contributed by atoms with Gasteiger partial charge in [-0.25, -0.2) is 8.42 Å². The number of anilines is 1. The van der Waals surface area contributed by atoms with Crippen LogP contribution in [0.1, 0.15) is 23.6 Å². The van der Waals surface area contributed by atoms with Crippen LogP contribution in [0, 0.1) is 13.8 Å². The molecule has 1 heterocycles. The Hall–Kier alpha value is -1.85. The summed E-state index contributed by atoms with van der Waals surface area (Å²) in [5, 5.41) is 3.37. The molecule has 0 spiro atoms. The van der Waals surface area contributed by atoms with Crippen LogP contribution in [0.4, 0.5) is 5.69 Å². The number of rotatable bonds is 2. The maximum Gasteiger partial charge on any atom is 0.264 e. The number of fused-ring (bicyclic) bond motifs is 1. The molecule has 0 fully saturated rings. The molecule has 0 bridgehead atoms. The smallest absolute Gasteiger partial charge is 0.264 e. The van der Waals surface area contributed by atoms with Crippen molar-refractivity contribution in [2.75, 3.05) is 10.8 Å². The average Bonchev–Trinajstić information content (AvgIpc) is 2.67. The number of aryl methyl sites for hydroxylation is 2. The first-order chi connectivity index (χ1) is 10.9. The van der Waals surface area contributed by atoms with Gasteiger partial charge in [0.1, 0.15) is 0 Å². The fourth-order valence-electron chi connectivity index (χ4n) is 3.03. The molecule has 1 unspecified atom stereocenters. The van der Waals surface area contributed by atoms with Crippen LogP contribution in [-0.4, -0.2) is 21.0 Å². The van der Waals surface area contributed by atoms with Gasteiger partial charge in [-0.1, -0.05) is 35.9 Å². The number of sulfonamides is 1. The Morgan fingerprint density at radius 3 is 2.61 bits per heavy atom. The quantitative estimate of drug-likeness (QED) is 0.921. The summed E-state index contributed by atoms with van der Waals surface area (Å²) < 4.78 is 28.1. The molecule has 23 heavy (non-hydrogen) atoms. The van der Waals surface area contributed by atoms with E-state index >= 15 is 0 Å². The van der Waals surface area contributed by atoms with Crippen LogP contribution < -0.4 is 9.62 Å². The van der Waals surface area contributed by atoms with Crippen molar-refractivity contribution in [2.24, 2.45) is 0 Å². The molecule has 4 nitrogen and oxygen atoms in total. The van der Waals surface area contributed by atoms with E-state index in [0.717, 1.165) is 22.4 Å². The molecule has 2 aromatic rings. The van der Waals surface area contributed by atoms with Crippen LogP contribution in [-0.2, 0) is 16.6 Å². The third-order valence-electron chi connectivity index (χ3n) is 4.24. The Labute approximate surface area is 138 Å². The first kappa shape index (κ1) is 16.0. The van der Waals surface area contributed by atoms with Crippen LogP contribution in [0.15, 0.2) is 47.4 Å². The van der Waals surface area contributed by atoms with E-state index in [-0.39, 0.29) is 6.04 Å². The Morgan fingerprint density at radius 1 is 1.13 bits per heavy atom. The van der Waals surface area contributed by atoms with E-state index < -0.39 is 10.0 Å². The second-order valence-electron chi connectivity index (χ2n) is 6.22. The number of hydrogen-bond donors (Lipinski definition) is 1. The Balaban J connectivity index is 2.14. The Bertz CT molecular complexity index is 831. The average molecular weight is 330 g/mol. The van der Waals surface area contributed by atoms with E-state index in [1.807, 2.05) is 57.2 Å². The van der Waals surface area contributed by atoms with Gasteiger partial charge in [0.05, 0.1) is 10.6 Å². The lowest BCUT2D eigenvalue weighted by atomic mass is 10.2. The standard InChI is InChI=1S/C18H22N2O2S/c1-13-8-9-18(14(2)10-13)23(21,22)20-12-15(3)19-11-16-6-4-5-7-17(16)20/h4-10,15,19H,11-12H2,1-3H3. The zero-order valence-electron chi connectivity index (χ0n) is 13.7. The molecule has 1 aliphatic heterocycles. The van der Waals surface area contributed by atoms with Gasteiger partial charge in [-0.05, 0) is 44.0 Å². The number of benzene rings is 2. The molecule has 5 heteroatoms. The minimum Gasteiger partial charge on any atom is -0.308 e. The number of hydrogen-bond acceptors (Lipinski definition) is 3. The maximum absolute atomic E-state index is 13.3. The molecule has 122 valence electrons. The van der Waals surface area contributed by atoms with Crippen molar-refractivity contribution in [2.45, 2.75) is 38.3 Å². The van der Waals surface area contributed by atoms with Gasteiger partial charge in [0.15, 0.2) is 0 Å². The lowest BCUT2D eigenvalue weighted by molar-refractivity contribution is 0.556. The van der Waals surface area contributed by atoms with Crippen LogP contribution in [0.2, 0.25) is 0 Å². The number of nitrogens with one attached hydrogen (secondary N) is 1. The van der Waals surface area contributed by atoms with Crippen LogP contribution in [0.5, 0.6) is 0 Å². The van der Waals surface area contributed by atoms with Crippen molar-refractivity contribution in [3.63, 3.8) is 0 Å². The molecule has 2 aromatic carbocycles. The van der Waals surface area contributed by atoms with E-state index in [1.165, 1.54) is 0 Å². The summed E-state index contributed by atoms with van der Waals surface area (Å²) in [6, 6.07) is 13.3. The molecular weight excluding hydrogens is 308 g/mol. The number of para-hydroxylation sites is 1. The van der Waals surface area contributed by atoms with E-state index in [2.05, 4.69) is 5.32 Å². The summed E-state index contributed by atoms with van der Waals surface area (Å²) in [5.74, 6) is 0. The zero-order chi connectivity index (χ0) is 16.6. The van der Waals surface area contributed by atoms with Crippen molar-refractivity contribution in [1.29, 1.82) is 0 Å². The summed E-state index contributed by atoms with van der Waals surface area (Å²) in [5.41, 5.74) is 3.62. The topological polar surface area (TPSA) is 49.4 Å². The Kier molecular flexibility index (Phi) is 4.17. The summed E-state index contributed by atoms with van der Waals surface area (Å²) in [6.45, 7) is 6.93. The highest BCUT2D eigenvalue weighted by Gasteiger charge is 2.30. The van der Waals surface area contributed by atoms with Gasteiger partial charge in [0.25, 0.3) is 10.0 Å². The molecule has 0 aliphatic carbocycles. The van der Waals surface area contributed by atoms with Gasteiger partial charge in [-0.3, -0.25) is 4.31 Å². The third-order valence-corrected chi connectivity index (χ3v) is 6.18. The van der Waals surface area contributed by atoms with Crippen molar-refractivity contribution in [1.82, 2.24) is 5.32 Å². The minimum atomic E-state index is -3.59. The molecule has 1 aliphatic rings. The molecule has 0 radical (unpaired) electrons. The van der Waals surface area contributed by atoms with Crippen LogP contribution in [0.3, 0.4) is 0 Å². The molecule has 0 saturated carbocycles. The Morgan fingerprint density at radius 2 is 1.87 bits per heavy atom. The highest BCUT2D eigenvalue weighted by atomic mass is 32.2. The van der Waals surface area contributed by atoms with Crippen molar-refractivity contribution >= 4 is 15.7 Å². The monoisotopic (exact) mass is 330 g/mol. The molecule has 0 aromatic heterocycles. The molecule has 1 N–H and O–H groups in total. The van der Waals surface area contributed by atoms with Gasteiger partial charge in [-0.15, -0.1) is 0 Å². The van der Waals surface area contributed by atoms with Gasteiger partial charge in [0.2, 0.25) is 0 Å². The fourth-order valence-corrected chi connectivity index (χ4v) is 4.83. The SMILES string of the molecule is Cc1ccc(S(=O)(=O)N2CC(C)NCc3ccccc32)c(C)c1. The maximum atomic E-state index is 13.3. The summed E-state index contributed by atoms with van der Waals surface area (Å²) in [6.07, 6.45) is 0. The first-order valence-corrected chi connectivity index (χ1v) is 9.25. The predicted octanol–water partition coefficient (Wildman–Crippen LogP) is 2.99. The highest BCUT2D eigenvalue weighted by Crippen LogP contribution is 2.30. The van der Waals surface area contributed by atoms with Crippen molar-refractivity contribution < 1.29 is 8.42 Å². The van der Waals surface area contributed by atoms with Gasteiger partial charge in [-0.2, -0.15) is 0 Å². The molecular formula is C18H22N2O2S. The minimum absolute atomic E-state index is 0.0860. The largest absolute Gasteiger partial charge is 0.308 e. The molecule has 3 rings (SSSR count). The predicted molar refractivity (Wildman–Crippen MR) is 93.2 cm³/mol. The van der Waals surface area contributed by atoms with Crippen molar-refractivity contribution in [3.8, 4) is 0 Å². The van der Waals surface area contributed by atoms with Gasteiger partial charge >= 0.3 is 0 Å². The normalized spacial score (nSPS) is 18.4. The van der Waals surface area contributed by atoms with Gasteiger partial charge < -0.3 is 5.32 Å². The third kappa shape index (κ3) is 2.99. The fraction of sp³-hybridized carbons (Fsp3) is 0.333. The van der Waals surface area contributed by atoms with E-state index in [9.17, 15) is 8.42 Å². The van der Waals surface area contributed by atoms with E-state index in [0.29, 0.717) is 18.0 Å². The van der Waals surface area contributed by atoms with Crippen LogP contribution >= 0.6 is 0 Å². The highest BCUT2D eigenvalue weighted by molar-refractivity contribution is 7.92. The van der Waals surface area contributed by atoms with Gasteiger partial charge in [0, 0.05) is 19.1 Å². The first-order valence-electron chi connectivity index (χ1n) is 7.81.